The summed E-state index contributed by atoms with van der Waals surface area (Å²) in [5.74, 6) is 0.625. The zero-order valence-electron chi connectivity index (χ0n) is 12.4. The predicted molar refractivity (Wildman–Crippen MR) is 83.4 cm³/mol. The van der Waals surface area contributed by atoms with Crippen LogP contribution < -0.4 is 16.4 Å². The van der Waals surface area contributed by atoms with Gasteiger partial charge in [0, 0.05) is 18.7 Å². The van der Waals surface area contributed by atoms with Gasteiger partial charge in [0.05, 0.1) is 23.5 Å². The van der Waals surface area contributed by atoms with Crippen molar-refractivity contribution in [3.05, 3.63) is 23.8 Å². The zero-order valence-corrected chi connectivity index (χ0v) is 12.4. The van der Waals surface area contributed by atoms with Gasteiger partial charge in [0.25, 0.3) is 5.91 Å². The quantitative estimate of drug-likeness (QED) is 0.725. The molecule has 5 heteroatoms. The van der Waals surface area contributed by atoms with Gasteiger partial charge in [-0.1, -0.05) is 0 Å². The van der Waals surface area contributed by atoms with E-state index in [0.717, 1.165) is 18.7 Å². The molecule has 1 amide bonds. The number of nitrogens with one attached hydrogen (secondary N) is 2. The molecule has 0 radical (unpaired) electrons. The van der Waals surface area contributed by atoms with Crippen LogP contribution in [0.4, 0.5) is 11.4 Å². The molecule has 2 unspecified atom stereocenters. The maximum atomic E-state index is 11.9. The summed E-state index contributed by atoms with van der Waals surface area (Å²) in [4.78, 5) is 11.9. The van der Waals surface area contributed by atoms with E-state index in [9.17, 15) is 4.79 Å². The Balaban J connectivity index is 1.74. The third-order valence-electron chi connectivity index (χ3n) is 4.22. The second kappa shape index (κ2) is 5.93. The lowest BCUT2D eigenvalue weighted by Crippen LogP contribution is -2.31. The Labute approximate surface area is 125 Å². The molecule has 3 rings (SSSR count). The number of benzene rings is 1. The molecule has 1 aromatic rings. The number of nitrogens with two attached hydrogens (primary N) is 1. The molecule has 0 bridgehead atoms. The Morgan fingerprint density at radius 2 is 2.19 bits per heavy atom. The maximum absolute atomic E-state index is 11.9. The molecule has 1 saturated carbocycles. The molecule has 1 saturated heterocycles. The van der Waals surface area contributed by atoms with Gasteiger partial charge in [0.15, 0.2) is 0 Å². The first-order chi connectivity index (χ1) is 10.2. The van der Waals surface area contributed by atoms with Crippen molar-refractivity contribution in [1.82, 2.24) is 5.32 Å². The molecule has 1 heterocycles. The largest absolute Gasteiger partial charge is 0.397 e. The van der Waals surface area contributed by atoms with Gasteiger partial charge >= 0.3 is 0 Å². The standard InChI is InChI=1S/C16H23N3O2/c1-2-18-16(20)11-5-6-12(17)14(9-11)19-13-7-8-21-15(13)10-3-4-10/h5-6,9-10,13,15,19H,2-4,7-8,17H2,1H3,(H,18,20). The van der Waals surface area contributed by atoms with E-state index in [-0.39, 0.29) is 12.0 Å². The number of amides is 1. The summed E-state index contributed by atoms with van der Waals surface area (Å²) in [5.41, 5.74) is 8.18. The minimum atomic E-state index is -0.0676. The summed E-state index contributed by atoms with van der Waals surface area (Å²) in [6, 6.07) is 5.68. The molecular weight excluding hydrogens is 266 g/mol. The van der Waals surface area contributed by atoms with Crippen LogP contribution in [0.3, 0.4) is 0 Å². The van der Waals surface area contributed by atoms with E-state index in [0.29, 0.717) is 29.8 Å². The van der Waals surface area contributed by atoms with Crippen LogP contribution in [0.5, 0.6) is 0 Å². The van der Waals surface area contributed by atoms with Crippen molar-refractivity contribution >= 4 is 17.3 Å². The molecule has 114 valence electrons. The van der Waals surface area contributed by atoms with E-state index in [1.165, 1.54) is 12.8 Å². The fourth-order valence-electron chi connectivity index (χ4n) is 2.94. The van der Waals surface area contributed by atoms with Gasteiger partial charge in [-0.25, -0.2) is 0 Å². The number of hydrogen-bond donors (Lipinski definition) is 3. The molecule has 0 spiro atoms. The summed E-state index contributed by atoms with van der Waals surface area (Å²) >= 11 is 0. The van der Waals surface area contributed by atoms with Crippen LogP contribution in [0, 0.1) is 5.92 Å². The van der Waals surface area contributed by atoms with E-state index >= 15 is 0 Å². The summed E-state index contributed by atoms with van der Waals surface area (Å²) in [6.45, 7) is 3.32. The van der Waals surface area contributed by atoms with Crippen LogP contribution >= 0.6 is 0 Å². The van der Waals surface area contributed by atoms with Crippen LogP contribution in [-0.2, 0) is 4.74 Å². The number of anilines is 2. The van der Waals surface area contributed by atoms with Crippen LogP contribution in [0.1, 0.15) is 36.5 Å². The van der Waals surface area contributed by atoms with Crippen molar-refractivity contribution in [3.63, 3.8) is 0 Å². The highest BCUT2D eigenvalue weighted by Crippen LogP contribution is 2.40. The lowest BCUT2D eigenvalue weighted by molar-refractivity contribution is 0.0898. The zero-order chi connectivity index (χ0) is 14.8. The SMILES string of the molecule is CCNC(=O)c1ccc(N)c(NC2CCOC2C2CC2)c1. The Kier molecular flexibility index (Phi) is 4.01. The van der Waals surface area contributed by atoms with Gasteiger partial charge in [-0.05, 0) is 50.3 Å². The maximum Gasteiger partial charge on any atom is 0.251 e. The lowest BCUT2D eigenvalue weighted by atomic mass is 10.0. The number of hydrogen-bond acceptors (Lipinski definition) is 4. The normalized spacial score (nSPS) is 24.8. The van der Waals surface area contributed by atoms with Crippen molar-refractivity contribution in [2.24, 2.45) is 5.92 Å². The smallest absolute Gasteiger partial charge is 0.251 e. The Hall–Kier alpha value is -1.75. The molecule has 1 aliphatic carbocycles. The first-order valence-corrected chi connectivity index (χ1v) is 7.75. The molecule has 2 fully saturated rings. The second-order valence-corrected chi connectivity index (χ2v) is 5.87. The Morgan fingerprint density at radius 1 is 1.38 bits per heavy atom. The van der Waals surface area contributed by atoms with Crippen molar-refractivity contribution in [3.8, 4) is 0 Å². The van der Waals surface area contributed by atoms with E-state index in [1.54, 1.807) is 12.1 Å². The van der Waals surface area contributed by atoms with Crippen molar-refractivity contribution in [2.45, 2.75) is 38.3 Å². The molecule has 4 N–H and O–H groups in total. The molecule has 5 nitrogen and oxygen atoms in total. The Bertz CT molecular complexity index is 528. The van der Waals surface area contributed by atoms with Crippen LogP contribution in [0.15, 0.2) is 18.2 Å². The highest BCUT2D eigenvalue weighted by atomic mass is 16.5. The summed E-state index contributed by atoms with van der Waals surface area (Å²) < 4.78 is 5.84. The molecule has 21 heavy (non-hydrogen) atoms. The number of nitrogen functional groups attached to an aromatic ring is 1. The molecule has 1 aromatic carbocycles. The fourth-order valence-corrected chi connectivity index (χ4v) is 2.94. The minimum Gasteiger partial charge on any atom is -0.397 e. The average Bonchev–Trinajstić information content (AvgIpc) is 3.21. The molecule has 1 aliphatic heterocycles. The van der Waals surface area contributed by atoms with Gasteiger partial charge in [0.2, 0.25) is 0 Å². The minimum absolute atomic E-state index is 0.0676. The van der Waals surface area contributed by atoms with Gasteiger partial charge in [0.1, 0.15) is 0 Å². The topological polar surface area (TPSA) is 76.4 Å². The van der Waals surface area contributed by atoms with Crippen LogP contribution in [0.25, 0.3) is 0 Å². The van der Waals surface area contributed by atoms with Crippen molar-refractivity contribution in [2.75, 3.05) is 24.2 Å². The predicted octanol–water partition coefficient (Wildman–Crippen LogP) is 2.00. The monoisotopic (exact) mass is 289 g/mol. The molecule has 2 aliphatic rings. The van der Waals surface area contributed by atoms with Gasteiger partial charge in [-0.15, -0.1) is 0 Å². The summed E-state index contributed by atoms with van der Waals surface area (Å²) in [6.07, 6.45) is 3.80. The van der Waals surface area contributed by atoms with E-state index in [1.807, 2.05) is 13.0 Å². The highest BCUT2D eigenvalue weighted by molar-refractivity contribution is 5.96. The van der Waals surface area contributed by atoms with Gasteiger partial charge in [-0.3, -0.25) is 4.79 Å². The second-order valence-electron chi connectivity index (χ2n) is 5.87. The van der Waals surface area contributed by atoms with Crippen LogP contribution in [0.2, 0.25) is 0 Å². The molecule has 2 atom stereocenters. The number of ether oxygens (including phenoxy) is 1. The molecular formula is C16H23N3O2. The summed E-state index contributed by atoms with van der Waals surface area (Å²) in [7, 11) is 0. The number of carbonyl (C=O) groups excluding carboxylic acids is 1. The van der Waals surface area contributed by atoms with Crippen molar-refractivity contribution < 1.29 is 9.53 Å². The van der Waals surface area contributed by atoms with Gasteiger partial charge in [-0.2, -0.15) is 0 Å². The third-order valence-corrected chi connectivity index (χ3v) is 4.22. The molecule has 0 aromatic heterocycles. The van der Waals surface area contributed by atoms with E-state index in [4.69, 9.17) is 10.5 Å². The number of rotatable bonds is 5. The summed E-state index contributed by atoms with van der Waals surface area (Å²) in [5, 5.41) is 6.29. The highest BCUT2D eigenvalue weighted by Gasteiger charge is 2.40. The lowest BCUT2D eigenvalue weighted by Gasteiger charge is -2.22. The van der Waals surface area contributed by atoms with Crippen molar-refractivity contribution in [1.29, 1.82) is 0 Å². The fraction of sp³-hybridized carbons (Fsp3) is 0.562. The van der Waals surface area contributed by atoms with E-state index in [2.05, 4.69) is 10.6 Å². The first-order valence-electron chi connectivity index (χ1n) is 7.75. The first kappa shape index (κ1) is 14.2. The average molecular weight is 289 g/mol. The van der Waals surface area contributed by atoms with Crippen LogP contribution in [-0.4, -0.2) is 31.2 Å². The van der Waals surface area contributed by atoms with E-state index < -0.39 is 0 Å². The third kappa shape index (κ3) is 3.13. The number of carbonyl (C=O) groups is 1. The Morgan fingerprint density at radius 3 is 2.90 bits per heavy atom. The van der Waals surface area contributed by atoms with Gasteiger partial charge < -0.3 is 21.1 Å².